The van der Waals surface area contributed by atoms with E-state index in [2.05, 4.69) is 15.6 Å². The summed E-state index contributed by atoms with van der Waals surface area (Å²) in [6, 6.07) is 11.6. The Labute approximate surface area is 137 Å². The van der Waals surface area contributed by atoms with Gasteiger partial charge in [-0.1, -0.05) is 12.1 Å². The number of rotatable bonds is 7. The molecule has 2 aromatic rings. The first kappa shape index (κ1) is 16.8. The Morgan fingerprint density at radius 1 is 1.22 bits per heavy atom. The van der Waals surface area contributed by atoms with Crippen LogP contribution in [0.2, 0.25) is 0 Å². The smallest absolute Gasteiger partial charge is 0.251 e. The van der Waals surface area contributed by atoms with Crippen LogP contribution in [0.25, 0.3) is 0 Å². The Hall–Kier alpha value is -2.56. The van der Waals surface area contributed by atoms with Crippen LogP contribution in [-0.2, 0) is 6.42 Å². The molecule has 0 aliphatic carbocycles. The Bertz CT molecular complexity index is 639. The predicted octanol–water partition coefficient (Wildman–Crippen LogP) is 2.88. The van der Waals surface area contributed by atoms with E-state index in [1.165, 1.54) is 5.56 Å². The van der Waals surface area contributed by atoms with Gasteiger partial charge >= 0.3 is 0 Å². The number of hydrogen-bond donors (Lipinski definition) is 2. The summed E-state index contributed by atoms with van der Waals surface area (Å²) in [7, 11) is 1.66. The van der Waals surface area contributed by atoms with Crippen LogP contribution in [0.15, 0.2) is 42.6 Å². The van der Waals surface area contributed by atoms with Gasteiger partial charge in [-0.25, -0.2) is 4.98 Å². The lowest BCUT2D eigenvalue weighted by Gasteiger charge is -2.10. The van der Waals surface area contributed by atoms with Gasteiger partial charge in [0.05, 0.1) is 7.11 Å². The quantitative estimate of drug-likeness (QED) is 0.825. The van der Waals surface area contributed by atoms with E-state index in [-0.39, 0.29) is 11.9 Å². The van der Waals surface area contributed by atoms with Gasteiger partial charge in [0.15, 0.2) is 0 Å². The van der Waals surface area contributed by atoms with Crippen LogP contribution in [-0.4, -0.2) is 30.6 Å². The van der Waals surface area contributed by atoms with Gasteiger partial charge in [-0.3, -0.25) is 4.79 Å². The second-order valence-corrected chi connectivity index (χ2v) is 5.58. The van der Waals surface area contributed by atoms with Gasteiger partial charge in [-0.2, -0.15) is 0 Å². The third kappa shape index (κ3) is 5.29. The second-order valence-electron chi connectivity index (χ2n) is 5.58. The summed E-state index contributed by atoms with van der Waals surface area (Å²) < 4.78 is 5.14. The lowest BCUT2D eigenvalue weighted by Crippen LogP contribution is -2.30. The van der Waals surface area contributed by atoms with Gasteiger partial charge in [-0.15, -0.1) is 0 Å². The van der Waals surface area contributed by atoms with Crippen LogP contribution in [0.4, 0.5) is 5.82 Å². The number of carbonyl (C=O) groups excluding carboxylic acids is 1. The van der Waals surface area contributed by atoms with Gasteiger partial charge in [0.25, 0.3) is 5.91 Å². The van der Waals surface area contributed by atoms with Crippen molar-refractivity contribution in [3.05, 3.63) is 53.7 Å². The van der Waals surface area contributed by atoms with Crippen molar-refractivity contribution in [3.63, 3.8) is 0 Å². The molecule has 0 spiro atoms. The Morgan fingerprint density at radius 3 is 2.61 bits per heavy atom. The predicted molar refractivity (Wildman–Crippen MR) is 92.0 cm³/mol. The summed E-state index contributed by atoms with van der Waals surface area (Å²) in [6.07, 6.45) is 2.51. The maximum Gasteiger partial charge on any atom is 0.251 e. The molecule has 122 valence electrons. The van der Waals surface area contributed by atoms with E-state index in [1.54, 1.807) is 25.4 Å². The molecule has 2 N–H and O–H groups in total. The maximum absolute atomic E-state index is 12.0. The van der Waals surface area contributed by atoms with Gasteiger partial charge < -0.3 is 15.4 Å². The molecule has 2 rings (SSSR count). The molecule has 1 amide bonds. The Balaban J connectivity index is 1.89. The molecule has 0 unspecified atom stereocenters. The number of aromatic nitrogens is 1. The molecule has 1 aromatic heterocycles. The molecule has 0 bridgehead atoms. The number of benzene rings is 1. The molecular formula is C18H23N3O2. The largest absolute Gasteiger partial charge is 0.497 e. The normalized spacial score (nSPS) is 10.4. The number of ether oxygens (including phenoxy) is 1. The molecule has 23 heavy (non-hydrogen) atoms. The SMILES string of the molecule is COc1ccc(CCNc2cc(C(=O)NC(C)C)ccn2)cc1. The number of amides is 1. The van der Waals surface area contributed by atoms with E-state index < -0.39 is 0 Å². The molecule has 0 saturated heterocycles. The molecule has 5 heteroatoms. The fourth-order valence-electron chi connectivity index (χ4n) is 2.14. The first-order valence-electron chi connectivity index (χ1n) is 7.72. The van der Waals surface area contributed by atoms with E-state index in [1.807, 2.05) is 38.1 Å². The van der Waals surface area contributed by atoms with Crippen molar-refractivity contribution in [3.8, 4) is 5.75 Å². The lowest BCUT2D eigenvalue weighted by molar-refractivity contribution is 0.0943. The molecule has 0 radical (unpaired) electrons. The summed E-state index contributed by atoms with van der Waals surface area (Å²) >= 11 is 0. The van der Waals surface area contributed by atoms with Crippen molar-refractivity contribution < 1.29 is 9.53 Å². The highest BCUT2D eigenvalue weighted by atomic mass is 16.5. The highest BCUT2D eigenvalue weighted by molar-refractivity contribution is 5.94. The van der Waals surface area contributed by atoms with Crippen molar-refractivity contribution in [1.82, 2.24) is 10.3 Å². The highest BCUT2D eigenvalue weighted by Gasteiger charge is 2.07. The molecular weight excluding hydrogens is 290 g/mol. The first-order chi connectivity index (χ1) is 11.1. The molecule has 0 atom stereocenters. The number of carbonyl (C=O) groups is 1. The second kappa shape index (κ2) is 8.17. The van der Waals surface area contributed by atoms with Crippen LogP contribution in [0.1, 0.15) is 29.8 Å². The van der Waals surface area contributed by atoms with Crippen LogP contribution < -0.4 is 15.4 Å². The minimum absolute atomic E-state index is 0.0828. The van der Waals surface area contributed by atoms with E-state index >= 15 is 0 Å². The summed E-state index contributed by atoms with van der Waals surface area (Å²) in [5.74, 6) is 1.47. The van der Waals surface area contributed by atoms with Crippen molar-refractivity contribution in [2.75, 3.05) is 19.0 Å². The molecule has 5 nitrogen and oxygen atoms in total. The van der Waals surface area contributed by atoms with Crippen molar-refractivity contribution in [1.29, 1.82) is 0 Å². The molecule has 1 aromatic carbocycles. The van der Waals surface area contributed by atoms with Crippen LogP contribution in [0.5, 0.6) is 5.75 Å². The number of pyridine rings is 1. The minimum atomic E-state index is -0.0828. The first-order valence-corrected chi connectivity index (χ1v) is 7.72. The molecule has 0 fully saturated rings. The van der Waals surface area contributed by atoms with E-state index in [0.717, 1.165) is 18.7 Å². The number of hydrogen-bond acceptors (Lipinski definition) is 4. The standard InChI is InChI=1S/C18H23N3O2/c1-13(2)21-18(22)15-9-11-20-17(12-15)19-10-8-14-4-6-16(23-3)7-5-14/h4-7,9,11-13H,8,10H2,1-3H3,(H,19,20)(H,21,22). The van der Waals surface area contributed by atoms with Gasteiger partial charge in [0, 0.05) is 24.3 Å². The zero-order valence-corrected chi connectivity index (χ0v) is 13.8. The van der Waals surface area contributed by atoms with Crippen LogP contribution >= 0.6 is 0 Å². The number of nitrogens with one attached hydrogen (secondary N) is 2. The van der Waals surface area contributed by atoms with Gasteiger partial charge in [0.2, 0.25) is 0 Å². The van der Waals surface area contributed by atoms with E-state index in [9.17, 15) is 4.79 Å². The van der Waals surface area contributed by atoms with Crippen LogP contribution in [0, 0.1) is 0 Å². The van der Waals surface area contributed by atoms with E-state index in [4.69, 9.17) is 4.74 Å². The molecule has 0 aliphatic heterocycles. The fraction of sp³-hybridized carbons (Fsp3) is 0.333. The zero-order valence-electron chi connectivity index (χ0n) is 13.8. The maximum atomic E-state index is 12.0. The van der Waals surface area contributed by atoms with E-state index in [0.29, 0.717) is 11.4 Å². The molecule has 0 aliphatic rings. The van der Waals surface area contributed by atoms with Crippen LogP contribution in [0.3, 0.4) is 0 Å². The van der Waals surface area contributed by atoms with Crippen molar-refractivity contribution in [2.45, 2.75) is 26.3 Å². The number of nitrogens with zero attached hydrogens (tertiary/aromatic N) is 1. The Kier molecular flexibility index (Phi) is 5.97. The number of methoxy groups -OCH3 is 1. The Morgan fingerprint density at radius 2 is 1.96 bits per heavy atom. The lowest BCUT2D eigenvalue weighted by atomic mass is 10.1. The summed E-state index contributed by atoms with van der Waals surface area (Å²) in [5, 5.41) is 6.12. The topological polar surface area (TPSA) is 63.2 Å². The fourth-order valence-corrected chi connectivity index (χ4v) is 2.14. The average molecular weight is 313 g/mol. The highest BCUT2D eigenvalue weighted by Crippen LogP contribution is 2.12. The number of anilines is 1. The van der Waals surface area contributed by atoms with Crippen molar-refractivity contribution >= 4 is 11.7 Å². The van der Waals surface area contributed by atoms with Gasteiger partial charge in [0.1, 0.15) is 11.6 Å². The molecule has 1 heterocycles. The monoisotopic (exact) mass is 313 g/mol. The summed E-state index contributed by atoms with van der Waals surface area (Å²) in [6.45, 7) is 4.62. The minimum Gasteiger partial charge on any atom is -0.497 e. The van der Waals surface area contributed by atoms with Crippen molar-refractivity contribution in [2.24, 2.45) is 0 Å². The average Bonchev–Trinajstić information content (AvgIpc) is 2.55. The molecule has 0 saturated carbocycles. The third-order valence-corrected chi connectivity index (χ3v) is 3.32. The summed E-state index contributed by atoms with van der Waals surface area (Å²) in [4.78, 5) is 16.2. The van der Waals surface area contributed by atoms with Gasteiger partial charge in [-0.05, 0) is 50.1 Å². The summed E-state index contributed by atoms with van der Waals surface area (Å²) in [5.41, 5.74) is 1.83. The zero-order chi connectivity index (χ0) is 16.7. The third-order valence-electron chi connectivity index (χ3n) is 3.32.